The van der Waals surface area contributed by atoms with Crippen LogP contribution in [0.4, 0.5) is 0 Å². The first-order valence-corrected chi connectivity index (χ1v) is 11.9. The van der Waals surface area contributed by atoms with Crippen LogP contribution in [0.5, 0.6) is 0 Å². The predicted molar refractivity (Wildman–Crippen MR) is 118 cm³/mol. The standard InChI is InChI=1S/C23H38N4O5/c1-11(2)17(26-21(30)12(3)4)23(32)27-10-14-7-8-15(14)18(27)22(31)25-16(9-13-5-6-13)19(28)20(24)29/h11-19,28H,5-10H2,1-4H3,(H2,24,29)(H,25,31)(H,26,30)/t14-,15-,16?,17-,18-,19?/m0/s1. The van der Waals surface area contributed by atoms with Crippen LogP contribution < -0.4 is 16.4 Å². The Hall–Kier alpha value is -2.16. The highest BCUT2D eigenvalue weighted by Crippen LogP contribution is 2.45. The third-order valence-electron chi connectivity index (χ3n) is 7.24. The number of aliphatic hydroxyl groups is 1. The van der Waals surface area contributed by atoms with E-state index in [2.05, 4.69) is 10.6 Å². The van der Waals surface area contributed by atoms with Gasteiger partial charge in [-0.15, -0.1) is 0 Å². The molecule has 2 unspecified atom stereocenters. The fourth-order valence-corrected chi connectivity index (χ4v) is 4.86. The summed E-state index contributed by atoms with van der Waals surface area (Å²) in [5.41, 5.74) is 5.30. The van der Waals surface area contributed by atoms with Gasteiger partial charge in [0.15, 0.2) is 6.10 Å². The molecule has 0 aromatic heterocycles. The zero-order chi connectivity index (χ0) is 23.7. The highest BCUT2D eigenvalue weighted by molar-refractivity contribution is 5.93. The SMILES string of the molecule is CC(C)C(=O)N[C@H](C(=O)N1C[C@@H]2CC[C@@H]2[C@H]1C(=O)NC(CC1CC1)C(O)C(N)=O)C(C)C. The molecule has 0 aromatic rings. The van der Waals surface area contributed by atoms with Crippen molar-refractivity contribution in [1.82, 2.24) is 15.5 Å². The minimum absolute atomic E-state index is 0.0554. The monoisotopic (exact) mass is 450 g/mol. The van der Waals surface area contributed by atoms with Crippen LogP contribution in [-0.4, -0.2) is 64.4 Å². The van der Waals surface area contributed by atoms with Gasteiger partial charge >= 0.3 is 0 Å². The van der Waals surface area contributed by atoms with Crippen molar-refractivity contribution in [2.75, 3.05) is 6.54 Å². The quantitative estimate of drug-likeness (QED) is 0.375. The average Bonchev–Trinajstić information content (AvgIpc) is 3.47. The summed E-state index contributed by atoms with van der Waals surface area (Å²) in [6, 6.07) is -2.14. The van der Waals surface area contributed by atoms with E-state index in [1.807, 2.05) is 13.8 Å². The Balaban J connectivity index is 1.77. The lowest BCUT2D eigenvalue weighted by Gasteiger charge is -2.35. The summed E-state index contributed by atoms with van der Waals surface area (Å²) in [6.45, 7) is 7.77. The summed E-state index contributed by atoms with van der Waals surface area (Å²) in [6.07, 6.45) is 2.84. The molecule has 9 heteroatoms. The Morgan fingerprint density at radius 3 is 2.16 bits per heavy atom. The number of nitrogens with one attached hydrogen (secondary N) is 2. The molecule has 4 amide bonds. The summed E-state index contributed by atoms with van der Waals surface area (Å²) in [5.74, 6) is -1.38. The van der Waals surface area contributed by atoms with Gasteiger partial charge in [-0.3, -0.25) is 19.2 Å². The van der Waals surface area contributed by atoms with Gasteiger partial charge in [-0.25, -0.2) is 0 Å². The number of likely N-dealkylation sites (tertiary alicyclic amines) is 1. The minimum atomic E-state index is -1.46. The normalized spacial score (nSPS) is 27.3. The molecule has 3 rings (SSSR count). The van der Waals surface area contributed by atoms with Gasteiger partial charge in [0, 0.05) is 12.5 Å². The van der Waals surface area contributed by atoms with Crippen LogP contribution in [0.1, 0.15) is 59.8 Å². The van der Waals surface area contributed by atoms with Gasteiger partial charge in [0.1, 0.15) is 12.1 Å². The molecule has 6 atom stereocenters. The van der Waals surface area contributed by atoms with Crippen LogP contribution in [0.15, 0.2) is 0 Å². The first-order valence-electron chi connectivity index (χ1n) is 11.9. The predicted octanol–water partition coefficient (Wildman–Crippen LogP) is 0.151. The van der Waals surface area contributed by atoms with Gasteiger partial charge in [0.25, 0.3) is 0 Å². The van der Waals surface area contributed by atoms with Gasteiger partial charge in [-0.1, -0.05) is 40.5 Å². The molecule has 9 nitrogen and oxygen atoms in total. The van der Waals surface area contributed by atoms with Gasteiger partial charge in [0.2, 0.25) is 23.6 Å². The lowest BCUT2D eigenvalue weighted by atomic mass is 9.73. The Morgan fingerprint density at radius 2 is 1.69 bits per heavy atom. The molecular weight excluding hydrogens is 412 g/mol. The fraction of sp³-hybridized carbons (Fsp3) is 0.826. The molecule has 0 radical (unpaired) electrons. The Labute approximate surface area is 189 Å². The van der Waals surface area contributed by atoms with E-state index in [4.69, 9.17) is 5.73 Å². The van der Waals surface area contributed by atoms with Crippen molar-refractivity contribution in [2.45, 2.75) is 84.0 Å². The van der Waals surface area contributed by atoms with E-state index in [1.54, 1.807) is 18.7 Å². The fourth-order valence-electron chi connectivity index (χ4n) is 4.86. The molecule has 0 spiro atoms. The number of fused-ring (bicyclic) bond motifs is 1. The Bertz CT molecular complexity index is 751. The van der Waals surface area contributed by atoms with E-state index >= 15 is 0 Å². The molecule has 0 aromatic carbocycles. The highest BCUT2D eigenvalue weighted by Gasteiger charge is 2.53. The van der Waals surface area contributed by atoms with Gasteiger partial charge < -0.3 is 26.4 Å². The van der Waals surface area contributed by atoms with Crippen LogP contribution in [0.3, 0.4) is 0 Å². The number of carbonyl (C=O) groups excluding carboxylic acids is 4. The van der Waals surface area contributed by atoms with Gasteiger partial charge in [-0.05, 0) is 42.9 Å². The average molecular weight is 451 g/mol. The summed E-state index contributed by atoms with van der Waals surface area (Å²) >= 11 is 0. The van der Waals surface area contributed by atoms with Crippen LogP contribution in [0.25, 0.3) is 0 Å². The zero-order valence-corrected chi connectivity index (χ0v) is 19.5. The number of hydrogen-bond donors (Lipinski definition) is 4. The van der Waals surface area contributed by atoms with Crippen LogP contribution >= 0.6 is 0 Å². The maximum atomic E-state index is 13.5. The van der Waals surface area contributed by atoms with Crippen LogP contribution in [0, 0.1) is 29.6 Å². The maximum absolute atomic E-state index is 13.5. The van der Waals surface area contributed by atoms with E-state index in [9.17, 15) is 24.3 Å². The smallest absolute Gasteiger partial charge is 0.248 e. The van der Waals surface area contributed by atoms with Gasteiger partial charge in [-0.2, -0.15) is 0 Å². The summed E-state index contributed by atoms with van der Waals surface area (Å²) in [5, 5.41) is 15.9. The van der Waals surface area contributed by atoms with Crippen LogP contribution in [-0.2, 0) is 19.2 Å². The van der Waals surface area contributed by atoms with Crippen molar-refractivity contribution in [3.05, 3.63) is 0 Å². The highest BCUT2D eigenvalue weighted by atomic mass is 16.3. The van der Waals surface area contributed by atoms with E-state index in [-0.39, 0.29) is 41.4 Å². The minimum Gasteiger partial charge on any atom is -0.381 e. The van der Waals surface area contributed by atoms with Crippen molar-refractivity contribution in [1.29, 1.82) is 0 Å². The van der Waals surface area contributed by atoms with Gasteiger partial charge in [0.05, 0.1) is 6.04 Å². The summed E-state index contributed by atoms with van der Waals surface area (Å²) < 4.78 is 0. The molecule has 1 saturated heterocycles. The molecular formula is C23H38N4O5. The van der Waals surface area contributed by atoms with Crippen molar-refractivity contribution in [3.63, 3.8) is 0 Å². The van der Waals surface area contributed by atoms with Crippen molar-refractivity contribution >= 4 is 23.6 Å². The lowest BCUT2D eigenvalue weighted by molar-refractivity contribution is -0.144. The topological polar surface area (TPSA) is 142 Å². The number of nitrogens with two attached hydrogens (primary N) is 1. The molecule has 5 N–H and O–H groups in total. The molecule has 180 valence electrons. The third kappa shape index (κ3) is 5.24. The molecule has 3 fully saturated rings. The number of primary amides is 1. The lowest BCUT2D eigenvalue weighted by Crippen LogP contribution is -2.59. The second-order valence-corrected chi connectivity index (χ2v) is 10.5. The Morgan fingerprint density at radius 1 is 1.03 bits per heavy atom. The van der Waals surface area contributed by atoms with Crippen LogP contribution in [0.2, 0.25) is 0 Å². The number of carbonyl (C=O) groups is 4. The number of hydrogen-bond acceptors (Lipinski definition) is 5. The van der Waals surface area contributed by atoms with E-state index < -0.39 is 30.1 Å². The summed E-state index contributed by atoms with van der Waals surface area (Å²) in [4.78, 5) is 52.3. The molecule has 0 bridgehead atoms. The summed E-state index contributed by atoms with van der Waals surface area (Å²) in [7, 11) is 0. The largest absolute Gasteiger partial charge is 0.381 e. The maximum Gasteiger partial charge on any atom is 0.248 e. The number of nitrogens with zero attached hydrogens (tertiary/aromatic N) is 1. The second-order valence-electron chi connectivity index (χ2n) is 10.5. The molecule has 2 aliphatic carbocycles. The number of rotatable bonds is 10. The zero-order valence-electron chi connectivity index (χ0n) is 19.5. The number of amides is 4. The molecule has 32 heavy (non-hydrogen) atoms. The molecule has 3 aliphatic rings. The molecule has 1 aliphatic heterocycles. The Kier molecular flexibility index (Phi) is 7.47. The van der Waals surface area contributed by atoms with E-state index in [0.29, 0.717) is 18.9 Å². The van der Waals surface area contributed by atoms with Crippen molar-refractivity contribution < 1.29 is 24.3 Å². The van der Waals surface area contributed by atoms with Crippen molar-refractivity contribution in [2.24, 2.45) is 35.3 Å². The second kappa shape index (κ2) is 9.77. The first-order chi connectivity index (χ1) is 15.0. The molecule has 2 saturated carbocycles. The van der Waals surface area contributed by atoms with Crippen molar-refractivity contribution in [3.8, 4) is 0 Å². The molecule has 1 heterocycles. The van der Waals surface area contributed by atoms with E-state index in [1.165, 1.54) is 0 Å². The third-order valence-corrected chi connectivity index (χ3v) is 7.24. The van der Waals surface area contributed by atoms with E-state index in [0.717, 1.165) is 25.7 Å². The first kappa shape index (κ1) is 24.5. The number of aliphatic hydroxyl groups excluding tert-OH is 1.